The molecule has 2 unspecified atom stereocenters. The van der Waals surface area contributed by atoms with Crippen molar-refractivity contribution in [2.75, 3.05) is 19.9 Å². The predicted octanol–water partition coefficient (Wildman–Crippen LogP) is 2.22. The molecule has 0 saturated carbocycles. The summed E-state index contributed by atoms with van der Waals surface area (Å²) in [6.07, 6.45) is 5.03. The Labute approximate surface area is 130 Å². The number of rotatable bonds is 3. The second kappa shape index (κ2) is 5.80. The molecule has 3 aliphatic rings. The molecule has 3 aliphatic heterocycles. The Kier molecular flexibility index (Phi) is 3.66. The highest BCUT2D eigenvalue weighted by molar-refractivity contribution is 5.77. The van der Waals surface area contributed by atoms with Gasteiger partial charge in [-0.25, -0.2) is 0 Å². The first-order valence-electron chi connectivity index (χ1n) is 8.23. The average molecular weight is 302 g/mol. The monoisotopic (exact) mass is 302 g/mol. The van der Waals surface area contributed by atoms with Gasteiger partial charge in [-0.15, -0.1) is 0 Å². The molecule has 5 nitrogen and oxygen atoms in total. The lowest BCUT2D eigenvalue weighted by molar-refractivity contribution is -0.132. The van der Waals surface area contributed by atoms with Crippen molar-refractivity contribution in [3.63, 3.8) is 0 Å². The first kappa shape index (κ1) is 13.9. The van der Waals surface area contributed by atoms with Gasteiger partial charge in [-0.2, -0.15) is 0 Å². The third kappa shape index (κ3) is 2.54. The molecule has 5 heteroatoms. The third-order valence-corrected chi connectivity index (χ3v) is 4.94. The van der Waals surface area contributed by atoms with Crippen LogP contribution in [0.5, 0.6) is 11.5 Å². The molecule has 0 radical (unpaired) electrons. The number of nitrogens with zero attached hydrogens (tertiary/aromatic N) is 1. The number of hydrogen-bond donors (Lipinski definition) is 1. The zero-order valence-electron chi connectivity index (χ0n) is 12.7. The molecule has 1 aromatic carbocycles. The Hall–Kier alpha value is -1.75. The van der Waals surface area contributed by atoms with Gasteiger partial charge in [0.05, 0.1) is 6.04 Å². The molecule has 0 aromatic heterocycles. The molecule has 4 rings (SSSR count). The van der Waals surface area contributed by atoms with E-state index in [-0.39, 0.29) is 11.9 Å². The highest BCUT2D eigenvalue weighted by Gasteiger charge is 2.32. The van der Waals surface area contributed by atoms with Crippen molar-refractivity contribution in [1.82, 2.24) is 10.2 Å². The zero-order valence-corrected chi connectivity index (χ0v) is 12.7. The fourth-order valence-electron chi connectivity index (χ4n) is 3.79. The van der Waals surface area contributed by atoms with Gasteiger partial charge in [-0.1, -0.05) is 6.07 Å². The number of likely N-dealkylation sites (tertiary alicyclic amines) is 1. The summed E-state index contributed by atoms with van der Waals surface area (Å²) in [4.78, 5) is 14.7. The Morgan fingerprint density at radius 2 is 2.14 bits per heavy atom. The van der Waals surface area contributed by atoms with Crippen LogP contribution in [0.4, 0.5) is 0 Å². The van der Waals surface area contributed by atoms with Gasteiger partial charge in [0.15, 0.2) is 11.5 Å². The summed E-state index contributed by atoms with van der Waals surface area (Å²) in [6.45, 7) is 2.20. The molecule has 1 aromatic rings. The maximum Gasteiger partial charge on any atom is 0.231 e. The van der Waals surface area contributed by atoms with E-state index in [9.17, 15) is 4.79 Å². The molecule has 2 fully saturated rings. The van der Waals surface area contributed by atoms with Crippen molar-refractivity contribution in [3.8, 4) is 11.5 Å². The van der Waals surface area contributed by atoms with E-state index in [1.54, 1.807) is 0 Å². The molecule has 1 N–H and O–H groups in total. The van der Waals surface area contributed by atoms with Crippen LogP contribution in [-0.2, 0) is 4.79 Å². The van der Waals surface area contributed by atoms with E-state index in [0.717, 1.165) is 49.4 Å². The van der Waals surface area contributed by atoms with E-state index >= 15 is 0 Å². The van der Waals surface area contributed by atoms with E-state index in [1.807, 2.05) is 12.1 Å². The molecular weight excluding hydrogens is 280 g/mol. The quantitative estimate of drug-likeness (QED) is 0.930. The number of fused-ring (bicyclic) bond motifs is 1. The smallest absolute Gasteiger partial charge is 0.231 e. The van der Waals surface area contributed by atoms with Crippen molar-refractivity contribution < 1.29 is 14.3 Å². The molecule has 22 heavy (non-hydrogen) atoms. The van der Waals surface area contributed by atoms with Crippen LogP contribution in [0.3, 0.4) is 0 Å². The van der Waals surface area contributed by atoms with Crippen molar-refractivity contribution in [1.29, 1.82) is 0 Å². The minimum atomic E-state index is 0.184. The number of carbonyl (C=O) groups is 1. The summed E-state index contributed by atoms with van der Waals surface area (Å²) in [5, 5.41) is 3.42. The Bertz CT molecular complexity index is 569. The molecule has 2 atom stereocenters. The van der Waals surface area contributed by atoms with Gasteiger partial charge in [-0.3, -0.25) is 4.79 Å². The summed E-state index contributed by atoms with van der Waals surface area (Å²) in [6, 6.07) is 6.61. The van der Waals surface area contributed by atoms with Crippen LogP contribution in [0.25, 0.3) is 0 Å². The predicted molar refractivity (Wildman–Crippen MR) is 81.9 cm³/mol. The number of ether oxygens (including phenoxy) is 2. The first-order valence-corrected chi connectivity index (χ1v) is 8.23. The molecule has 118 valence electrons. The van der Waals surface area contributed by atoms with E-state index in [0.29, 0.717) is 19.3 Å². The number of amides is 1. The first-order chi connectivity index (χ1) is 10.8. The Morgan fingerprint density at radius 3 is 3.00 bits per heavy atom. The molecule has 3 heterocycles. The topological polar surface area (TPSA) is 50.8 Å². The lowest BCUT2D eigenvalue weighted by Gasteiger charge is -2.26. The van der Waals surface area contributed by atoms with Crippen LogP contribution in [0.1, 0.15) is 43.7 Å². The summed E-state index contributed by atoms with van der Waals surface area (Å²) in [7, 11) is 0. The largest absolute Gasteiger partial charge is 0.454 e. The van der Waals surface area contributed by atoms with Gasteiger partial charge in [0, 0.05) is 19.0 Å². The number of carbonyl (C=O) groups excluding carboxylic acids is 1. The highest BCUT2D eigenvalue weighted by Crippen LogP contribution is 2.39. The van der Waals surface area contributed by atoms with Gasteiger partial charge in [0.1, 0.15) is 0 Å². The second-order valence-corrected chi connectivity index (χ2v) is 6.36. The third-order valence-electron chi connectivity index (χ3n) is 4.94. The minimum Gasteiger partial charge on any atom is -0.454 e. The normalized spacial score (nSPS) is 26.6. The molecule has 0 bridgehead atoms. The standard InChI is InChI=1S/C17H22N2O3/c20-17(10-13-3-1-7-18-13)19-8-2-4-14(19)12-5-6-15-16(9-12)22-11-21-15/h5-6,9,13-14,18H,1-4,7-8,10-11H2. The van der Waals surface area contributed by atoms with Crippen molar-refractivity contribution in [3.05, 3.63) is 23.8 Å². The van der Waals surface area contributed by atoms with E-state index in [1.165, 1.54) is 6.42 Å². The lowest BCUT2D eigenvalue weighted by atomic mass is 10.0. The molecule has 0 spiro atoms. The van der Waals surface area contributed by atoms with Crippen LogP contribution in [-0.4, -0.2) is 36.7 Å². The maximum absolute atomic E-state index is 12.6. The van der Waals surface area contributed by atoms with E-state index in [2.05, 4.69) is 16.3 Å². The van der Waals surface area contributed by atoms with Gasteiger partial charge >= 0.3 is 0 Å². The lowest BCUT2D eigenvalue weighted by Crippen LogP contribution is -2.35. The second-order valence-electron chi connectivity index (χ2n) is 6.36. The highest BCUT2D eigenvalue weighted by atomic mass is 16.7. The number of hydrogen-bond acceptors (Lipinski definition) is 4. The van der Waals surface area contributed by atoms with Crippen molar-refractivity contribution in [2.45, 2.75) is 44.2 Å². The summed E-state index contributed by atoms with van der Waals surface area (Å²) in [5.41, 5.74) is 1.16. The van der Waals surface area contributed by atoms with E-state index in [4.69, 9.17) is 9.47 Å². The van der Waals surface area contributed by atoms with E-state index < -0.39 is 0 Å². The summed E-state index contributed by atoms with van der Waals surface area (Å²) < 4.78 is 10.8. The van der Waals surface area contributed by atoms with Crippen LogP contribution in [0.15, 0.2) is 18.2 Å². The van der Waals surface area contributed by atoms with Crippen LogP contribution >= 0.6 is 0 Å². The van der Waals surface area contributed by atoms with Gasteiger partial charge < -0.3 is 19.7 Å². The van der Waals surface area contributed by atoms with Gasteiger partial charge in [0.2, 0.25) is 12.7 Å². The van der Waals surface area contributed by atoms with Crippen molar-refractivity contribution in [2.24, 2.45) is 0 Å². The maximum atomic E-state index is 12.6. The molecule has 1 amide bonds. The zero-order chi connectivity index (χ0) is 14.9. The Morgan fingerprint density at radius 1 is 1.23 bits per heavy atom. The Balaban J connectivity index is 1.49. The van der Waals surface area contributed by atoms with Gasteiger partial charge in [0.25, 0.3) is 0 Å². The number of nitrogens with one attached hydrogen (secondary N) is 1. The summed E-state index contributed by atoms with van der Waals surface area (Å²) >= 11 is 0. The number of benzene rings is 1. The fourth-order valence-corrected chi connectivity index (χ4v) is 3.79. The van der Waals surface area contributed by atoms with Crippen LogP contribution in [0.2, 0.25) is 0 Å². The van der Waals surface area contributed by atoms with Gasteiger partial charge in [-0.05, 0) is 49.9 Å². The van der Waals surface area contributed by atoms with Crippen LogP contribution in [0, 0.1) is 0 Å². The van der Waals surface area contributed by atoms with Crippen molar-refractivity contribution >= 4 is 5.91 Å². The van der Waals surface area contributed by atoms with Crippen LogP contribution < -0.4 is 14.8 Å². The minimum absolute atomic E-state index is 0.184. The average Bonchev–Trinajstić information content (AvgIpc) is 3.27. The summed E-state index contributed by atoms with van der Waals surface area (Å²) in [5.74, 6) is 1.88. The SMILES string of the molecule is O=C(CC1CCCN1)N1CCCC1c1ccc2c(c1)OCO2. The molecule has 0 aliphatic carbocycles. The molecule has 2 saturated heterocycles. The molecular formula is C17H22N2O3. The fraction of sp³-hybridized carbons (Fsp3) is 0.588.